The van der Waals surface area contributed by atoms with Gasteiger partial charge in [0, 0.05) is 36.9 Å². The van der Waals surface area contributed by atoms with Crippen LogP contribution in [0.2, 0.25) is 0 Å². The maximum atomic E-state index is 12.9. The summed E-state index contributed by atoms with van der Waals surface area (Å²) in [5.41, 5.74) is 0.0345. The largest absolute Gasteiger partial charge is 0.323 e. The van der Waals surface area contributed by atoms with Crippen LogP contribution in [0.1, 0.15) is 15.9 Å². The van der Waals surface area contributed by atoms with E-state index in [9.17, 15) is 33.4 Å². The summed E-state index contributed by atoms with van der Waals surface area (Å²) in [5, 5.41) is 22.0. The first-order chi connectivity index (χ1) is 13.6. The molecule has 0 N–H and O–H groups in total. The molecule has 11 nitrogen and oxygen atoms in total. The molecule has 0 unspecified atom stereocenters. The highest BCUT2D eigenvalue weighted by Gasteiger charge is 2.37. The smallest absolute Gasteiger partial charge is 0.289 e. The van der Waals surface area contributed by atoms with Crippen LogP contribution in [0.25, 0.3) is 0 Å². The zero-order valence-corrected chi connectivity index (χ0v) is 16.0. The summed E-state index contributed by atoms with van der Waals surface area (Å²) in [7, 11) is -4.19. The average molecular weight is 420 g/mol. The van der Waals surface area contributed by atoms with Crippen LogP contribution in [-0.2, 0) is 10.0 Å². The summed E-state index contributed by atoms with van der Waals surface area (Å²) in [5.74, 6) is -0.490. The van der Waals surface area contributed by atoms with E-state index in [4.69, 9.17) is 0 Å². The number of hydrogen-bond donors (Lipinski definition) is 0. The Kier molecular flexibility index (Phi) is 5.31. The number of carbonyl (C=O) groups excluding carboxylic acids is 1. The van der Waals surface area contributed by atoms with Crippen LogP contribution in [0, 0.1) is 27.2 Å². The Labute approximate surface area is 165 Å². The molecule has 152 valence electrons. The highest BCUT2D eigenvalue weighted by atomic mass is 32.2. The van der Waals surface area contributed by atoms with E-state index in [1.807, 2.05) is 0 Å². The number of rotatable bonds is 5. The first-order valence-corrected chi connectivity index (χ1v) is 9.84. The van der Waals surface area contributed by atoms with Crippen LogP contribution < -0.4 is 0 Å². The standard InChI is InChI=1S/C17H16N4O7S/c1-12-2-7-16(15(10-12)21(25)26)29(27,28)19-9-8-18(11-19)17(22)13-3-5-14(6-4-13)20(23)24/h2-7,10H,8-9,11H2,1H3. The van der Waals surface area contributed by atoms with E-state index in [1.165, 1.54) is 47.4 Å². The second kappa shape index (κ2) is 7.56. The number of sulfonamides is 1. The van der Waals surface area contributed by atoms with Crippen LogP contribution in [0.5, 0.6) is 0 Å². The van der Waals surface area contributed by atoms with Gasteiger partial charge in [-0.3, -0.25) is 25.0 Å². The fraction of sp³-hybridized carbons (Fsp3) is 0.235. The fourth-order valence-electron chi connectivity index (χ4n) is 2.96. The van der Waals surface area contributed by atoms with Gasteiger partial charge in [0.2, 0.25) is 0 Å². The molecular weight excluding hydrogens is 404 g/mol. The van der Waals surface area contributed by atoms with E-state index in [0.29, 0.717) is 5.56 Å². The molecule has 29 heavy (non-hydrogen) atoms. The molecule has 1 heterocycles. The van der Waals surface area contributed by atoms with Crippen LogP contribution in [0.3, 0.4) is 0 Å². The van der Waals surface area contributed by atoms with Crippen molar-refractivity contribution in [2.45, 2.75) is 11.8 Å². The molecule has 1 amide bonds. The van der Waals surface area contributed by atoms with E-state index >= 15 is 0 Å². The molecule has 0 atom stereocenters. The molecule has 3 rings (SSSR count). The first-order valence-electron chi connectivity index (χ1n) is 8.40. The molecular formula is C17H16N4O7S. The molecule has 0 aliphatic carbocycles. The van der Waals surface area contributed by atoms with Crippen LogP contribution >= 0.6 is 0 Å². The zero-order valence-electron chi connectivity index (χ0n) is 15.2. The minimum Gasteiger partial charge on any atom is -0.323 e. The number of aryl methyl sites for hydroxylation is 1. The van der Waals surface area contributed by atoms with E-state index in [1.54, 1.807) is 6.92 Å². The summed E-state index contributed by atoms with van der Waals surface area (Å²) in [6, 6.07) is 8.80. The first kappa shape index (κ1) is 20.4. The Hall–Kier alpha value is -3.38. The molecule has 0 saturated carbocycles. The minimum absolute atomic E-state index is 0.0217. The van der Waals surface area contributed by atoms with Crippen molar-refractivity contribution in [1.82, 2.24) is 9.21 Å². The highest BCUT2D eigenvalue weighted by molar-refractivity contribution is 7.89. The van der Waals surface area contributed by atoms with Gasteiger partial charge < -0.3 is 4.90 Å². The lowest BCUT2D eigenvalue weighted by atomic mass is 10.2. The Morgan fingerprint density at radius 3 is 2.24 bits per heavy atom. The molecule has 1 fully saturated rings. The Morgan fingerprint density at radius 2 is 1.66 bits per heavy atom. The summed E-state index contributed by atoms with van der Waals surface area (Å²) in [6.45, 7) is 1.41. The number of hydrogen-bond acceptors (Lipinski definition) is 7. The van der Waals surface area contributed by atoms with Gasteiger partial charge in [-0.2, -0.15) is 4.31 Å². The van der Waals surface area contributed by atoms with E-state index in [0.717, 1.165) is 4.31 Å². The molecule has 2 aromatic rings. The monoisotopic (exact) mass is 420 g/mol. The topological polar surface area (TPSA) is 144 Å². The molecule has 1 aliphatic rings. The SMILES string of the molecule is Cc1ccc(S(=O)(=O)N2CCN(C(=O)c3ccc([N+](=O)[O-])cc3)C2)c([N+](=O)[O-])c1. The number of benzene rings is 2. The molecule has 0 bridgehead atoms. The van der Waals surface area contributed by atoms with Gasteiger partial charge in [-0.15, -0.1) is 0 Å². The van der Waals surface area contributed by atoms with Gasteiger partial charge in [0.25, 0.3) is 27.3 Å². The van der Waals surface area contributed by atoms with Crippen molar-refractivity contribution in [3.05, 3.63) is 73.8 Å². The van der Waals surface area contributed by atoms with Crippen molar-refractivity contribution in [3.63, 3.8) is 0 Å². The van der Waals surface area contributed by atoms with Crippen molar-refractivity contribution in [2.24, 2.45) is 0 Å². The van der Waals surface area contributed by atoms with Gasteiger partial charge in [0.1, 0.15) is 0 Å². The number of non-ortho nitro benzene ring substituents is 1. The fourth-order valence-corrected chi connectivity index (χ4v) is 4.49. The predicted molar refractivity (Wildman–Crippen MR) is 101 cm³/mol. The summed E-state index contributed by atoms with van der Waals surface area (Å²) < 4.78 is 26.8. The molecule has 12 heteroatoms. The zero-order chi connectivity index (χ0) is 21.3. The van der Waals surface area contributed by atoms with E-state index in [2.05, 4.69) is 0 Å². The van der Waals surface area contributed by atoms with Gasteiger partial charge >= 0.3 is 0 Å². The number of nitro benzene ring substituents is 2. The Bertz CT molecular complexity index is 1100. The molecule has 0 aromatic heterocycles. The lowest BCUT2D eigenvalue weighted by molar-refractivity contribution is -0.387. The second-order valence-corrected chi connectivity index (χ2v) is 8.33. The quantitative estimate of drug-likeness (QED) is 0.531. The second-order valence-electron chi connectivity index (χ2n) is 6.42. The van der Waals surface area contributed by atoms with Gasteiger partial charge in [-0.1, -0.05) is 6.07 Å². The Morgan fingerprint density at radius 1 is 1.00 bits per heavy atom. The van der Waals surface area contributed by atoms with Crippen molar-refractivity contribution >= 4 is 27.3 Å². The normalized spacial score (nSPS) is 14.7. The third-order valence-electron chi connectivity index (χ3n) is 4.49. The van der Waals surface area contributed by atoms with Crippen molar-refractivity contribution < 1.29 is 23.1 Å². The minimum atomic E-state index is -4.19. The number of amides is 1. The van der Waals surface area contributed by atoms with Crippen molar-refractivity contribution in [2.75, 3.05) is 19.8 Å². The van der Waals surface area contributed by atoms with Crippen LogP contribution in [-0.4, -0.2) is 53.1 Å². The molecule has 2 aromatic carbocycles. The molecule has 1 saturated heterocycles. The third kappa shape index (κ3) is 3.93. The summed E-state index contributed by atoms with van der Waals surface area (Å²) >= 11 is 0. The summed E-state index contributed by atoms with van der Waals surface area (Å²) in [6.07, 6.45) is 0. The van der Waals surface area contributed by atoms with Gasteiger partial charge in [0.05, 0.1) is 16.5 Å². The molecule has 0 spiro atoms. The van der Waals surface area contributed by atoms with Gasteiger partial charge in [-0.05, 0) is 30.7 Å². The molecule has 0 radical (unpaired) electrons. The number of carbonyl (C=O) groups is 1. The third-order valence-corrected chi connectivity index (χ3v) is 6.37. The van der Waals surface area contributed by atoms with Crippen molar-refractivity contribution in [1.29, 1.82) is 0 Å². The Balaban J connectivity index is 1.82. The average Bonchev–Trinajstić information content (AvgIpc) is 3.18. The maximum Gasteiger partial charge on any atom is 0.289 e. The highest BCUT2D eigenvalue weighted by Crippen LogP contribution is 2.29. The van der Waals surface area contributed by atoms with E-state index < -0.39 is 36.4 Å². The molecule has 1 aliphatic heterocycles. The maximum absolute atomic E-state index is 12.9. The van der Waals surface area contributed by atoms with Gasteiger partial charge in [-0.25, -0.2) is 8.42 Å². The lowest BCUT2D eigenvalue weighted by Crippen LogP contribution is -2.34. The summed E-state index contributed by atoms with van der Waals surface area (Å²) in [4.78, 5) is 34.1. The van der Waals surface area contributed by atoms with E-state index in [-0.39, 0.29) is 31.0 Å². The number of nitro groups is 2. The number of nitrogens with zero attached hydrogens (tertiary/aromatic N) is 4. The van der Waals surface area contributed by atoms with Crippen LogP contribution in [0.15, 0.2) is 47.4 Å². The lowest BCUT2D eigenvalue weighted by Gasteiger charge is -2.18. The predicted octanol–water partition coefficient (Wildman–Crippen LogP) is 1.92. The van der Waals surface area contributed by atoms with Crippen molar-refractivity contribution in [3.8, 4) is 0 Å². The van der Waals surface area contributed by atoms with Crippen LogP contribution in [0.4, 0.5) is 11.4 Å². The van der Waals surface area contributed by atoms with Gasteiger partial charge in [0.15, 0.2) is 4.90 Å².